The molecule has 1 aromatic carbocycles. The van der Waals surface area contributed by atoms with Crippen LogP contribution in [0.3, 0.4) is 0 Å². The predicted octanol–water partition coefficient (Wildman–Crippen LogP) is 3.94. The number of thioether (sulfide) groups is 1. The van der Waals surface area contributed by atoms with Crippen LogP contribution in [-0.2, 0) is 14.3 Å². The zero-order chi connectivity index (χ0) is 20.0. The average molecular weight is 415 g/mol. The van der Waals surface area contributed by atoms with Crippen LogP contribution in [0.1, 0.15) is 45.4 Å². The van der Waals surface area contributed by atoms with E-state index in [4.69, 9.17) is 9.15 Å². The monoisotopic (exact) mass is 414 g/mol. The molecule has 1 atom stereocenters. The highest BCUT2D eigenvalue weighted by molar-refractivity contribution is 7.99. The first-order valence-corrected chi connectivity index (χ1v) is 11.5. The summed E-state index contributed by atoms with van der Waals surface area (Å²) in [5, 5.41) is 3.69. The van der Waals surface area contributed by atoms with Gasteiger partial charge in [0, 0.05) is 5.54 Å². The van der Waals surface area contributed by atoms with E-state index in [2.05, 4.69) is 10.3 Å². The number of aromatic nitrogens is 1. The van der Waals surface area contributed by atoms with Gasteiger partial charge in [0.05, 0.1) is 0 Å². The van der Waals surface area contributed by atoms with Crippen molar-refractivity contribution < 1.29 is 18.7 Å². The lowest BCUT2D eigenvalue weighted by molar-refractivity contribution is -0.154. The van der Waals surface area contributed by atoms with Gasteiger partial charge in [0.25, 0.3) is 11.1 Å². The van der Waals surface area contributed by atoms with E-state index >= 15 is 0 Å². The maximum Gasteiger partial charge on any atom is 0.317 e. The standard InChI is InChI=1S/C22H26N2O4S/c1-13(20(26)24-22-9-14-6-15(10-22)8-16(7-14)11-22)27-19(25)12-29-21-23-17-4-2-3-5-18(17)28-21/h2-5,13-16H,6-12H2,1H3,(H,24,26)/t13-,14?,15?,16?,22?/m1/s1. The second kappa shape index (κ2) is 7.35. The maximum absolute atomic E-state index is 12.7. The summed E-state index contributed by atoms with van der Waals surface area (Å²) in [5.74, 6) is 1.71. The Bertz CT molecular complexity index is 872. The highest BCUT2D eigenvalue weighted by atomic mass is 32.2. The fraction of sp³-hybridized carbons (Fsp3) is 0.591. The number of nitrogens with one attached hydrogen (secondary N) is 1. The second-order valence-corrected chi connectivity index (χ2v) is 9.98. The van der Waals surface area contributed by atoms with Crippen molar-refractivity contribution in [3.8, 4) is 0 Å². The number of rotatable bonds is 6. The van der Waals surface area contributed by atoms with Crippen LogP contribution in [0.2, 0.25) is 0 Å². The van der Waals surface area contributed by atoms with E-state index in [-0.39, 0.29) is 17.2 Å². The average Bonchev–Trinajstić information content (AvgIpc) is 3.08. The number of nitrogens with zero attached hydrogens (tertiary/aromatic N) is 1. The van der Waals surface area contributed by atoms with Gasteiger partial charge in [0.15, 0.2) is 11.7 Å². The van der Waals surface area contributed by atoms with Crippen molar-refractivity contribution in [1.82, 2.24) is 10.3 Å². The Morgan fingerprint density at radius 1 is 1.21 bits per heavy atom. The summed E-state index contributed by atoms with van der Waals surface area (Å²) in [5.41, 5.74) is 1.37. The first-order chi connectivity index (χ1) is 14.0. The molecule has 0 radical (unpaired) electrons. The minimum Gasteiger partial charge on any atom is -0.452 e. The molecule has 1 N–H and O–H groups in total. The fourth-order valence-corrected chi connectivity index (χ4v) is 6.57. The molecule has 6 nitrogen and oxygen atoms in total. The number of hydrogen-bond acceptors (Lipinski definition) is 6. The number of para-hydroxylation sites is 2. The van der Waals surface area contributed by atoms with Crippen LogP contribution in [0.4, 0.5) is 0 Å². The van der Waals surface area contributed by atoms with Crippen molar-refractivity contribution >= 4 is 34.7 Å². The van der Waals surface area contributed by atoms with Gasteiger partial charge < -0.3 is 14.5 Å². The van der Waals surface area contributed by atoms with Gasteiger partial charge in [0.2, 0.25) is 0 Å². The van der Waals surface area contributed by atoms with Crippen molar-refractivity contribution in [1.29, 1.82) is 0 Å². The molecule has 4 saturated carbocycles. The molecule has 29 heavy (non-hydrogen) atoms. The highest BCUT2D eigenvalue weighted by Gasteiger charge is 2.51. The quantitative estimate of drug-likeness (QED) is 0.570. The van der Waals surface area contributed by atoms with Gasteiger partial charge in [-0.15, -0.1) is 0 Å². The van der Waals surface area contributed by atoms with Crippen molar-refractivity contribution in [2.75, 3.05) is 5.75 Å². The molecule has 154 valence electrons. The minimum absolute atomic E-state index is 0.0573. The lowest BCUT2D eigenvalue weighted by Crippen LogP contribution is -2.61. The smallest absolute Gasteiger partial charge is 0.317 e. The van der Waals surface area contributed by atoms with Crippen LogP contribution in [0.15, 0.2) is 33.9 Å². The van der Waals surface area contributed by atoms with Crippen LogP contribution in [-0.4, -0.2) is 34.3 Å². The fourth-order valence-electron chi connectivity index (χ4n) is 5.94. The molecule has 1 amide bonds. The number of esters is 1. The molecule has 7 heteroatoms. The van der Waals surface area contributed by atoms with E-state index in [0.717, 1.165) is 42.5 Å². The van der Waals surface area contributed by atoms with E-state index < -0.39 is 12.1 Å². The molecule has 0 unspecified atom stereocenters. The highest BCUT2D eigenvalue weighted by Crippen LogP contribution is 2.55. The SMILES string of the molecule is C[C@@H](OC(=O)CSc1nc2ccccc2o1)C(=O)NC12CC3CC(CC(C3)C1)C2. The molecule has 4 aliphatic carbocycles. The molecule has 0 aliphatic heterocycles. The van der Waals surface area contributed by atoms with E-state index in [0.29, 0.717) is 10.8 Å². The minimum atomic E-state index is -0.792. The van der Waals surface area contributed by atoms with Gasteiger partial charge in [-0.25, -0.2) is 4.98 Å². The Kier molecular flexibility index (Phi) is 4.81. The number of carbonyl (C=O) groups excluding carboxylic acids is 2. The van der Waals surface area contributed by atoms with Crippen molar-refractivity contribution in [3.05, 3.63) is 24.3 Å². The molecular formula is C22H26N2O4S. The third-order valence-electron chi connectivity index (χ3n) is 6.69. The van der Waals surface area contributed by atoms with Crippen molar-refractivity contribution in [2.24, 2.45) is 17.8 Å². The lowest BCUT2D eigenvalue weighted by Gasteiger charge is -2.57. The number of benzene rings is 1. The van der Waals surface area contributed by atoms with Crippen LogP contribution in [0.25, 0.3) is 11.1 Å². The van der Waals surface area contributed by atoms with Crippen LogP contribution in [0.5, 0.6) is 0 Å². The predicted molar refractivity (Wildman–Crippen MR) is 109 cm³/mol. The normalized spacial score (nSPS) is 31.0. The summed E-state index contributed by atoms with van der Waals surface area (Å²) in [6.45, 7) is 1.65. The van der Waals surface area contributed by atoms with E-state index in [9.17, 15) is 9.59 Å². The molecule has 4 bridgehead atoms. The van der Waals surface area contributed by atoms with Crippen molar-refractivity contribution in [2.45, 2.75) is 62.3 Å². The van der Waals surface area contributed by atoms with Gasteiger partial charge in [-0.3, -0.25) is 9.59 Å². The zero-order valence-corrected chi connectivity index (χ0v) is 17.4. The van der Waals surface area contributed by atoms with Crippen LogP contribution in [0, 0.1) is 17.8 Å². The third-order valence-corrected chi connectivity index (χ3v) is 7.49. The Labute approximate surface area is 174 Å². The van der Waals surface area contributed by atoms with Crippen LogP contribution < -0.4 is 5.32 Å². The molecule has 1 aromatic heterocycles. The second-order valence-electron chi connectivity index (χ2n) is 9.06. The first-order valence-electron chi connectivity index (χ1n) is 10.5. The number of amides is 1. The summed E-state index contributed by atoms with van der Waals surface area (Å²) < 4.78 is 11.0. The molecular weight excluding hydrogens is 388 g/mol. The van der Waals surface area contributed by atoms with E-state index in [1.807, 2.05) is 24.3 Å². The summed E-state index contributed by atoms with van der Waals surface area (Å²) in [7, 11) is 0. The molecule has 0 spiro atoms. The summed E-state index contributed by atoms with van der Waals surface area (Å²) >= 11 is 1.18. The number of oxazole rings is 1. The van der Waals surface area contributed by atoms with Gasteiger partial charge in [-0.2, -0.15) is 0 Å². The largest absolute Gasteiger partial charge is 0.452 e. The summed E-state index contributed by atoms with van der Waals surface area (Å²) in [6.07, 6.45) is 6.43. The van der Waals surface area contributed by atoms with Crippen LogP contribution >= 0.6 is 11.8 Å². The van der Waals surface area contributed by atoms with Gasteiger partial charge >= 0.3 is 5.97 Å². The zero-order valence-electron chi connectivity index (χ0n) is 16.6. The molecule has 4 fully saturated rings. The molecule has 4 aliphatic rings. The topological polar surface area (TPSA) is 81.4 Å². The number of hydrogen-bond donors (Lipinski definition) is 1. The Morgan fingerprint density at radius 3 is 2.52 bits per heavy atom. The molecule has 0 saturated heterocycles. The Balaban J connectivity index is 1.13. The number of fused-ring (bicyclic) bond motifs is 1. The third kappa shape index (κ3) is 3.89. The van der Waals surface area contributed by atoms with Crippen molar-refractivity contribution in [3.63, 3.8) is 0 Å². The number of ether oxygens (including phenoxy) is 1. The Morgan fingerprint density at radius 2 is 1.86 bits per heavy atom. The first kappa shape index (κ1) is 19.0. The van der Waals surface area contributed by atoms with Gasteiger partial charge in [-0.05, 0) is 75.3 Å². The summed E-state index contributed by atoms with van der Waals surface area (Å²) in [6, 6.07) is 7.46. The molecule has 6 rings (SSSR count). The summed E-state index contributed by atoms with van der Waals surface area (Å²) in [4.78, 5) is 29.3. The molecule has 1 heterocycles. The van der Waals surface area contributed by atoms with Gasteiger partial charge in [0.1, 0.15) is 11.3 Å². The molecule has 2 aromatic rings. The van der Waals surface area contributed by atoms with E-state index in [1.54, 1.807) is 6.92 Å². The lowest BCUT2D eigenvalue weighted by atomic mass is 9.53. The number of carbonyl (C=O) groups is 2. The van der Waals surface area contributed by atoms with Gasteiger partial charge in [-0.1, -0.05) is 23.9 Å². The van der Waals surface area contributed by atoms with E-state index in [1.165, 1.54) is 31.0 Å². The Hall–Kier alpha value is -2.02. The maximum atomic E-state index is 12.7.